The second kappa shape index (κ2) is 4.94. The van der Waals surface area contributed by atoms with Crippen LogP contribution in [-0.2, 0) is 6.42 Å². The van der Waals surface area contributed by atoms with Gasteiger partial charge in [-0.3, -0.25) is 4.98 Å². The number of nitrogens with one attached hydrogen (secondary N) is 1. The van der Waals surface area contributed by atoms with Crippen LogP contribution in [0.5, 0.6) is 0 Å². The summed E-state index contributed by atoms with van der Waals surface area (Å²) in [6.45, 7) is 2.08. The molecule has 0 aliphatic carbocycles. The van der Waals surface area contributed by atoms with Crippen molar-refractivity contribution in [2.45, 2.75) is 19.4 Å². The first-order valence-electron chi connectivity index (χ1n) is 5.42. The van der Waals surface area contributed by atoms with Crippen LogP contribution in [0.3, 0.4) is 0 Å². The molecule has 0 aromatic carbocycles. The highest BCUT2D eigenvalue weighted by molar-refractivity contribution is 5.20. The average Bonchev–Trinajstić information content (AvgIpc) is 2.81. The van der Waals surface area contributed by atoms with E-state index >= 15 is 0 Å². The van der Waals surface area contributed by atoms with Gasteiger partial charge < -0.3 is 9.73 Å². The van der Waals surface area contributed by atoms with Gasteiger partial charge in [-0.1, -0.05) is 6.07 Å². The minimum Gasteiger partial charge on any atom is -0.468 e. The summed E-state index contributed by atoms with van der Waals surface area (Å²) in [4.78, 5) is 4.39. The van der Waals surface area contributed by atoms with Crippen molar-refractivity contribution in [3.8, 4) is 0 Å². The van der Waals surface area contributed by atoms with E-state index in [0.29, 0.717) is 0 Å². The van der Waals surface area contributed by atoms with E-state index in [1.54, 1.807) is 6.26 Å². The van der Waals surface area contributed by atoms with E-state index in [4.69, 9.17) is 4.42 Å². The van der Waals surface area contributed by atoms with E-state index in [-0.39, 0.29) is 6.04 Å². The van der Waals surface area contributed by atoms with E-state index in [1.807, 2.05) is 31.4 Å². The highest BCUT2D eigenvalue weighted by Crippen LogP contribution is 2.18. The summed E-state index contributed by atoms with van der Waals surface area (Å²) in [5, 5.41) is 3.25. The van der Waals surface area contributed by atoms with Gasteiger partial charge in [0, 0.05) is 18.3 Å². The van der Waals surface area contributed by atoms with Crippen LogP contribution < -0.4 is 5.32 Å². The molecule has 1 unspecified atom stereocenters. The molecule has 2 rings (SSSR count). The van der Waals surface area contributed by atoms with Crippen molar-refractivity contribution >= 4 is 0 Å². The molecule has 2 heterocycles. The van der Waals surface area contributed by atoms with E-state index < -0.39 is 0 Å². The van der Waals surface area contributed by atoms with Crippen LogP contribution in [-0.4, -0.2) is 12.0 Å². The Morgan fingerprint density at radius 2 is 2.25 bits per heavy atom. The van der Waals surface area contributed by atoms with E-state index in [0.717, 1.165) is 17.9 Å². The highest BCUT2D eigenvalue weighted by Gasteiger charge is 2.14. The van der Waals surface area contributed by atoms with Crippen LogP contribution in [0.2, 0.25) is 0 Å². The number of furan rings is 1. The maximum absolute atomic E-state index is 5.41. The molecule has 2 aromatic heterocycles. The first-order valence-corrected chi connectivity index (χ1v) is 5.42. The van der Waals surface area contributed by atoms with Crippen molar-refractivity contribution in [1.29, 1.82) is 0 Å². The maximum Gasteiger partial charge on any atom is 0.121 e. The lowest BCUT2D eigenvalue weighted by atomic mass is 10.1. The second-order valence-electron chi connectivity index (χ2n) is 3.83. The highest BCUT2D eigenvalue weighted by atomic mass is 16.3. The Morgan fingerprint density at radius 1 is 1.38 bits per heavy atom. The van der Waals surface area contributed by atoms with Crippen LogP contribution in [0.1, 0.15) is 23.1 Å². The Kier molecular flexibility index (Phi) is 3.37. The second-order valence-corrected chi connectivity index (χ2v) is 3.83. The number of nitrogens with zero attached hydrogens (tertiary/aromatic N) is 1. The molecule has 16 heavy (non-hydrogen) atoms. The molecular formula is C13H16N2O. The molecule has 0 radical (unpaired) electrons. The molecule has 0 aliphatic rings. The fraction of sp³-hybridized carbons (Fsp3) is 0.308. The van der Waals surface area contributed by atoms with Crippen molar-refractivity contribution in [2.75, 3.05) is 7.05 Å². The van der Waals surface area contributed by atoms with Crippen molar-refractivity contribution in [3.05, 3.63) is 53.7 Å². The molecule has 0 saturated heterocycles. The lowest BCUT2D eigenvalue weighted by molar-refractivity contribution is 0.427. The topological polar surface area (TPSA) is 38.1 Å². The molecule has 0 spiro atoms. The van der Waals surface area contributed by atoms with Crippen LogP contribution in [0, 0.1) is 6.92 Å². The number of hydrogen-bond donors (Lipinski definition) is 1. The average molecular weight is 216 g/mol. The first-order chi connectivity index (χ1) is 7.81. The molecule has 2 aromatic rings. The monoisotopic (exact) mass is 216 g/mol. The number of aromatic nitrogens is 1. The Balaban J connectivity index is 2.17. The minimum atomic E-state index is 0.184. The van der Waals surface area contributed by atoms with Gasteiger partial charge in [-0.15, -0.1) is 0 Å². The Hall–Kier alpha value is -1.61. The third kappa shape index (κ3) is 2.31. The van der Waals surface area contributed by atoms with Gasteiger partial charge in [-0.2, -0.15) is 0 Å². The van der Waals surface area contributed by atoms with Gasteiger partial charge in [0.25, 0.3) is 0 Å². The molecule has 1 N–H and O–H groups in total. The molecule has 0 bridgehead atoms. The standard InChI is InChI=1S/C13H16N2O/c1-10-5-3-7-15-11(10)9-12(14-2)13-6-4-8-16-13/h3-8,12,14H,9H2,1-2H3. The van der Waals surface area contributed by atoms with Crippen LogP contribution in [0.4, 0.5) is 0 Å². The lowest BCUT2D eigenvalue weighted by Crippen LogP contribution is -2.19. The number of rotatable bonds is 4. The Labute approximate surface area is 95.5 Å². The molecule has 84 valence electrons. The first kappa shape index (κ1) is 10.9. The predicted molar refractivity (Wildman–Crippen MR) is 63.2 cm³/mol. The van der Waals surface area contributed by atoms with Crippen molar-refractivity contribution in [2.24, 2.45) is 0 Å². The van der Waals surface area contributed by atoms with Gasteiger partial charge in [0.2, 0.25) is 0 Å². The zero-order valence-electron chi connectivity index (χ0n) is 9.60. The van der Waals surface area contributed by atoms with Crippen molar-refractivity contribution < 1.29 is 4.42 Å². The Bertz CT molecular complexity index is 437. The summed E-state index contributed by atoms with van der Waals surface area (Å²) in [5.74, 6) is 0.951. The van der Waals surface area contributed by atoms with Gasteiger partial charge in [0.1, 0.15) is 5.76 Å². The summed E-state index contributed by atoms with van der Waals surface area (Å²) in [5.41, 5.74) is 2.33. The van der Waals surface area contributed by atoms with E-state index in [1.165, 1.54) is 5.56 Å². The molecule has 1 atom stereocenters. The van der Waals surface area contributed by atoms with Gasteiger partial charge in [-0.25, -0.2) is 0 Å². The number of pyridine rings is 1. The number of aryl methyl sites for hydroxylation is 1. The largest absolute Gasteiger partial charge is 0.468 e. The van der Waals surface area contributed by atoms with Gasteiger partial charge in [0.15, 0.2) is 0 Å². The summed E-state index contributed by atoms with van der Waals surface area (Å²) in [7, 11) is 1.94. The number of hydrogen-bond acceptors (Lipinski definition) is 3. The van der Waals surface area contributed by atoms with Crippen LogP contribution >= 0.6 is 0 Å². The van der Waals surface area contributed by atoms with Crippen LogP contribution in [0.25, 0.3) is 0 Å². The zero-order chi connectivity index (χ0) is 11.4. The molecule has 0 aliphatic heterocycles. The summed E-state index contributed by atoms with van der Waals surface area (Å²) < 4.78 is 5.41. The van der Waals surface area contributed by atoms with Crippen LogP contribution in [0.15, 0.2) is 41.1 Å². The predicted octanol–water partition coefficient (Wildman–Crippen LogP) is 2.49. The fourth-order valence-corrected chi connectivity index (χ4v) is 1.76. The van der Waals surface area contributed by atoms with Gasteiger partial charge in [0.05, 0.1) is 12.3 Å². The summed E-state index contributed by atoms with van der Waals surface area (Å²) >= 11 is 0. The molecular weight excluding hydrogens is 200 g/mol. The molecule has 3 heteroatoms. The minimum absolute atomic E-state index is 0.184. The third-order valence-corrected chi connectivity index (χ3v) is 2.75. The SMILES string of the molecule is CNC(Cc1ncccc1C)c1ccco1. The normalized spacial score (nSPS) is 12.6. The molecule has 0 fully saturated rings. The fourth-order valence-electron chi connectivity index (χ4n) is 1.76. The summed E-state index contributed by atoms with van der Waals surface area (Å²) in [6.07, 6.45) is 4.37. The molecule has 0 amide bonds. The quantitative estimate of drug-likeness (QED) is 0.853. The third-order valence-electron chi connectivity index (χ3n) is 2.75. The lowest BCUT2D eigenvalue weighted by Gasteiger charge is -2.14. The van der Waals surface area contributed by atoms with Gasteiger partial charge in [-0.05, 0) is 37.7 Å². The molecule has 0 saturated carbocycles. The van der Waals surface area contributed by atoms with Crippen molar-refractivity contribution in [1.82, 2.24) is 10.3 Å². The smallest absolute Gasteiger partial charge is 0.121 e. The van der Waals surface area contributed by atoms with Gasteiger partial charge >= 0.3 is 0 Å². The zero-order valence-corrected chi connectivity index (χ0v) is 9.60. The summed E-state index contributed by atoms with van der Waals surface area (Å²) in [6, 6.07) is 8.12. The molecule has 3 nitrogen and oxygen atoms in total. The Morgan fingerprint density at radius 3 is 2.88 bits per heavy atom. The van der Waals surface area contributed by atoms with Crippen molar-refractivity contribution in [3.63, 3.8) is 0 Å². The van der Waals surface area contributed by atoms with E-state index in [2.05, 4.69) is 23.3 Å². The maximum atomic E-state index is 5.41. The number of likely N-dealkylation sites (N-methyl/N-ethyl adjacent to an activating group) is 1. The van der Waals surface area contributed by atoms with E-state index in [9.17, 15) is 0 Å².